The van der Waals surface area contributed by atoms with Crippen LogP contribution in [0.4, 0.5) is 0 Å². The van der Waals surface area contributed by atoms with Crippen molar-refractivity contribution in [2.45, 2.75) is 64.3 Å². The van der Waals surface area contributed by atoms with Gasteiger partial charge in [0.05, 0.1) is 0 Å². The zero-order valence-electron chi connectivity index (χ0n) is 14.0. The van der Waals surface area contributed by atoms with Crippen molar-refractivity contribution in [3.05, 3.63) is 0 Å². The third kappa shape index (κ3) is 4.20. The molecule has 0 aromatic heterocycles. The average Bonchev–Trinajstić information content (AvgIpc) is 2.96. The van der Waals surface area contributed by atoms with Gasteiger partial charge in [-0.2, -0.15) is 0 Å². The van der Waals surface area contributed by atoms with Crippen LogP contribution in [0.5, 0.6) is 0 Å². The van der Waals surface area contributed by atoms with Crippen molar-refractivity contribution in [1.29, 1.82) is 0 Å². The normalized spacial score (nSPS) is 31.0. The Morgan fingerprint density at radius 2 is 1.86 bits per heavy atom. The molecular formula is C18H35N3. The molecule has 2 saturated heterocycles. The summed E-state index contributed by atoms with van der Waals surface area (Å²) >= 11 is 0. The molecule has 0 unspecified atom stereocenters. The minimum Gasteiger partial charge on any atom is -0.317 e. The number of hydrogen-bond donors (Lipinski definition) is 2. The molecule has 1 atom stereocenters. The number of rotatable bonds is 5. The molecule has 3 heteroatoms. The van der Waals surface area contributed by atoms with E-state index in [0.717, 1.165) is 12.0 Å². The molecule has 2 aliphatic heterocycles. The van der Waals surface area contributed by atoms with Crippen molar-refractivity contribution in [3.8, 4) is 0 Å². The average molecular weight is 293 g/mol. The molecule has 21 heavy (non-hydrogen) atoms. The molecule has 0 bridgehead atoms. The van der Waals surface area contributed by atoms with E-state index in [1.807, 2.05) is 0 Å². The Labute approximate surface area is 131 Å². The van der Waals surface area contributed by atoms with Crippen LogP contribution in [0.1, 0.15) is 58.3 Å². The van der Waals surface area contributed by atoms with Crippen molar-refractivity contribution in [2.24, 2.45) is 11.3 Å². The van der Waals surface area contributed by atoms with E-state index in [1.165, 1.54) is 90.6 Å². The molecule has 0 radical (unpaired) electrons. The lowest BCUT2D eigenvalue weighted by Crippen LogP contribution is -2.44. The molecule has 3 fully saturated rings. The molecule has 1 spiro atoms. The monoisotopic (exact) mass is 293 g/mol. The summed E-state index contributed by atoms with van der Waals surface area (Å²) in [5.41, 5.74) is 0.717. The van der Waals surface area contributed by atoms with Crippen molar-refractivity contribution in [1.82, 2.24) is 15.5 Å². The van der Waals surface area contributed by atoms with Gasteiger partial charge in [-0.3, -0.25) is 0 Å². The fraction of sp³-hybridized carbons (Fsp3) is 1.00. The van der Waals surface area contributed by atoms with Crippen LogP contribution in [0.25, 0.3) is 0 Å². The van der Waals surface area contributed by atoms with Crippen LogP contribution in [0, 0.1) is 11.3 Å². The fourth-order valence-electron chi connectivity index (χ4n) is 4.82. The van der Waals surface area contributed by atoms with Crippen molar-refractivity contribution in [2.75, 3.05) is 39.3 Å². The quantitative estimate of drug-likeness (QED) is 0.816. The van der Waals surface area contributed by atoms with Crippen LogP contribution < -0.4 is 10.6 Å². The number of hydrogen-bond acceptors (Lipinski definition) is 3. The van der Waals surface area contributed by atoms with E-state index >= 15 is 0 Å². The SMILES string of the molecule is CCCN1CC[C@@H](CNC2CCC3(CCNCC3)CC2)C1. The van der Waals surface area contributed by atoms with Crippen molar-refractivity contribution >= 4 is 0 Å². The first kappa shape index (κ1) is 15.8. The fourth-order valence-corrected chi connectivity index (χ4v) is 4.82. The van der Waals surface area contributed by atoms with E-state index < -0.39 is 0 Å². The Morgan fingerprint density at radius 1 is 1.10 bits per heavy atom. The van der Waals surface area contributed by atoms with Crippen LogP contribution in [0.15, 0.2) is 0 Å². The third-order valence-electron chi connectivity index (χ3n) is 6.32. The number of piperidine rings is 1. The van der Waals surface area contributed by atoms with E-state index in [-0.39, 0.29) is 0 Å². The van der Waals surface area contributed by atoms with Crippen LogP contribution in [-0.2, 0) is 0 Å². The molecule has 122 valence electrons. The van der Waals surface area contributed by atoms with E-state index in [4.69, 9.17) is 0 Å². The van der Waals surface area contributed by atoms with E-state index in [0.29, 0.717) is 5.41 Å². The van der Waals surface area contributed by atoms with Crippen molar-refractivity contribution in [3.63, 3.8) is 0 Å². The molecule has 3 rings (SSSR count). The summed E-state index contributed by atoms with van der Waals surface area (Å²) in [6.45, 7) is 10.0. The van der Waals surface area contributed by atoms with Gasteiger partial charge in [-0.15, -0.1) is 0 Å². The molecule has 0 aromatic carbocycles. The maximum atomic E-state index is 3.91. The van der Waals surface area contributed by atoms with Gasteiger partial charge >= 0.3 is 0 Å². The van der Waals surface area contributed by atoms with E-state index in [1.54, 1.807) is 0 Å². The first-order valence-electron chi connectivity index (χ1n) is 9.46. The first-order valence-corrected chi connectivity index (χ1v) is 9.46. The smallest absolute Gasteiger partial charge is 0.00675 e. The lowest BCUT2D eigenvalue weighted by atomic mass is 9.67. The molecule has 1 aliphatic carbocycles. The van der Waals surface area contributed by atoms with Crippen LogP contribution in [0.2, 0.25) is 0 Å². The second-order valence-electron chi connectivity index (χ2n) is 7.89. The molecule has 3 aliphatic rings. The predicted molar refractivity (Wildman–Crippen MR) is 89.6 cm³/mol. The van der Waals surface area contributed by atoms with Gasteiger partial charge in [0, 0.05) is 12.6 Å². The lowest BCUT2D eigenvalue weighted by Gasteiger charge is -2.43. The van der Waals surface area contributed by atoms with Gasteiger partial charge < -0.3 is 15.5 Å². The number of nitrogens with one attached hydrogen (secondary N) is 2. The Bertz CT molecular complexity index is 302. The highest BCUT2D eigenvalue weighted by molar-refractivity contribution is 4.91. The van der Waals surface area contributed by atoms with E-state index in [2.05, 4.69) is 22.5 Å². The largest absolute Gasteiger partial charge is 0.317 e. The molecule has 2 heterocycles. The van der Waals surface area contributed by atoms with Crippen LogP contribution in [0.3, 0.4) is 0 Å². The zero-order valence-corrected chi connectivity index (χ0v) is 14.0. The molecule has 0 aromatic rings. The summed E-state index contributed by atoms with van der Waals surface area (Å²) in [6, 6.07) is 0.811. The van der Waals surface area contributed by atoms with Crippen LogP contribution in [-0.4, -0.2) is 50.2 Å². The molecule has 1 saturated carbocycles. The molecule has 0 amide bonds. The Kier molecular flexibility index (Phi) is 5.58. The molecule has 2 N–H and O–H groups in total. The lowest BCUT2D eigenvalue weighted by molar-refractivity contribution is 0.114. The topological polar surface area (TPSA) is 27.3 Å². The summed E-state index contributed by atoms with van der Waals surface area (Å²) in [5.74, 6) is 0.909. The summed E-state index contributed by atoms with van der Waals surface area (Å²) < 4.78 is 0. The minimum atomic E-state index is 0.717. The van der Waals surface area contributed by atoms with Gasteiger partial charge in [0.2, 0.25) is 0 Å². The molecular weight excluding hydrogens is 258 g/mol. The van der Waals surface area contributed by atoms with Gasteiger partial charge in [0.15, 0.2) is 0 Å². The second kappa shape index (κ2) is 7.43. The summed E-state index contributed by atoms with van der Waals surface area (Å²) in [5, 5.41) is 7.43. The first-order chi connectivity index (χ1) is 10.3. The Morgan fingerprint density at radius 3 is 2.57 bits per heavy atom. The zero-order chi connectivity index (χ0) is 14.5. The third-order valence-corrected chi connectivity index (χ3v) is 6.32. The minimum absolute atomic E-state index is 0.717. The van der Waals surface area contributed by atoms with E-state index in [9.17, 15) is 0 Å². The number of nitrogens with zero attached hydrogens (tertiary/aromatic N) is 1. The summed E-state index contributed by atoms with van der Waals surface area (Å²) in [7, 11) is 0. The van der Waals surface area contributed by atoms with Gasteiger partial charge in [0.1, 0.15) is 0 Å². The maximum absolute atomic E-state index is 3.91. The van der Waals surface area contributed by atoms with Gasteiger partial charge in [-0.05, 0) is 95.4 Å². The molecule has 3 nitrogen and oxygen atoms in total. The highest BCUT2D eigenvalue weighted by Crippen LogP contribution is 2.43. The highest BCUT2D eigenvalue weighted by Gasteiger charge is 2.36. The highest BCUT2D eigenvalue weighted by atomic mass is 15.1. The second-order valence-corrected chi connectivity index (χ2v) is 7.89. The van der Waals surface area contributed by atoms with Gasteiger partial charge in [-0.25, -0.2) is 0 Å². The van der Waals surface area contributed by atoms with Crippen molar-refractivity contribution < 1.29 is 0 Å². The standard InChI is InChI=1S/C18H35N3/c1-2-12-21-13-5-16(15-21)14-20-17-3-6-18(7-4-17)8-10-19-11-9-18/h16-17,19-20H,2-15H2,1H3/t16-/m0/s1. The summed E-state index contributed by atoms with van der Waals surface area (Å²) in [4.78, 5) is 2.65. The van der Waals surface area contributed by atoms with Gasteiger partial charge in [-0.1, -0.05) is 6.92 Å². The number of likely N-dealkylation sites (tertiary alicyclic amines) is 1. The van der Waals surface area contributed by atoms with Crippen LogP contribution >= 0.6 is 0 Å². The Balaban J connectivity index is 1.34. The maximum Gasteiger partial charge on any atom is 0.00675 e. The van der Waals surface area contributed by atoms with Gasteiger partial charge in [0.25, 0.3) is 0 Å². The predicted octanol–water partition coefficient (Wildman–Crippen LogP) is 2.62. The Hall–Kier alpha value is -0.120. The summed E-state index contributed by atoms with van der Waals surface area (Å²) in [6.07, 6.45) is 11.4.